The second-order valence-corrected chi connectivity index (χ2v) is 6.07. The Bertz CT molecular complexity index is 978. The SMILES string of the molecule is NC(=O)[C@H](Cc1c[nH]c2ccccc12)NC(=O)c1ccc(C(F)(F)F)cc1. The lowest BCUT2D eigenvalue weighted by Crippen LogP contribution is -2.45. The summed E-state index contributed by atoms with van der Waals surface area (Å²) >= 11 is 0. The molecular formula is C19H16F3N3O2. The van der Waals surface area contributed by atoms with Gasteiger partial charge < -0.3 is 16.0 Å². The van der Waals surface area contributed by atoms with Gasteiger partial charge in [-0.05, 0) is 35.9 Å². The standard InChI is InChI=1S/C19H16F3N3O2/c20-19(21,22)13-7-5-11(6-8-13)18(27)25-16(17(23)26)9-12-10-24-15-4-2-1-3-14(12)15/h1-8,10,16,24H,9H2,(H2,23,26)(H,25,27)/t16-/m0/s1. The van der Waals surface area contributed by atoms with Crippen LogP contribution >= 0.6 is 0 Å². The first kappa shape index (κ1) is 18.5. The van der Waals surface area contributed by atoms with E-state index in [-0.39, 0.29) is 12.0 Å². The largest absolute Gasteiger partial charge is 0.416 e. The zero-order valence-electron chi connectivity index (χ0n) is 14.0. The van der Waals surface area contributed by atoms with Crippen LogP contribution in [0.2, 0.25) is 0 Å². The van der Waals surface area contributed by atoms with E-state index >= 15 is 0 Å². The van der Waals surface area contributed by atoms with E-state index < -0.39 is 29.6 Å². The number of primary amides is 1. The number of aromatic amines is 1. The average Bonchev–Trinajstić information content (AvgIpc) is 3.03. The van der Waals surface area contributed by atoms with Crippen LogP contribution in [0.3, 0.4) is 0 Å². The van der Waals surface area contributed by atoms with Crippen molar-refractivity contribution in [3.05, 3.63) is 71.4 Å². The molecule has 1 heterocycles. The van der Waals surface area contributed by atoms with Crippen molar-refractivity contribution in [1.29, 1.82) is 0 Å². The number of halogens is 3. The number of nitrogens with one attached hydrogen (secondary N) is 2. The minimum atomic E-state index is -4.49. The first-order valence-corrected chi connectivity index (χ1v) is 8.08. The van der Waals surface area contributed by atoms with Crippen LogP contribution < -0.4 is 11.1 Å². The van der Waals surface area contributed by atoms with Crippen LogP contribution in [0, 0.1) is 0 Å². The predicted molar refractivity (Wildman–Crippen MR) is 93.9 cm³/mol. The predicted octanol–water partition coefficient (Wildman–Crippen LogP) is 3.01. The van der Waals surface area contributed by atoms with Crippen LogP contribution in [-0.4, -0.2) is 22.8 Å². The van der Waals surface area contributed by atoms with Gasteiger partial charge in [0, 0.05) is 29.1 Å². The molecule has 140 valence electrons. The van der Waals surface area contributed by atoms with Gasteiger partial charge in [0.15, 0.2) is 0 Å². The Hall–Kier alpha value is -3.29. The third-order valence-electron chi connectivity index (χ3n) is 4.22. The van der Waals surface area contributed by atoms with Crippen LogP contribution in [0.15, 0.2) is 54.7 Å². The summed E-state index contributed by atoms with van der Waals surface area (Å²) in [5.41, 5.74) is 6.22. The second kappa shape index (κ2) is 7.14. The maximum absolute atomic E-state index is 12.6. The number of hydrogen-bond acceptors (Lipinski definition) is 2. The molecule has 0 saturated carbocycles. The molecule has 8 heteroatoms. The summed E-state index contributed by atoms with van der Waals surface area (Å²) in [4.78, 5) is 27.1. The van der Waals surface area contributed by atoms with Gasteiger partial charge in [0.1, 0.15) is 6.04 Å². The molecule has 1 aromatic heterocycles. The molecule has 0 aliphatic heterocycles. The summed E-state index contributed by atoms with van der Waals surface area (Å²) in [6.45, 7) is 0. The molecule has 0 unspecified atom stereocenters. The monoisotopic (exact) mass is 375 g/mol. The summed E-state index contributed by atoms with van der Waals surface area (Å²) < 4.78 is 37.8. The number of para-hydroxylation sites is 1. The molecule has 0 spiro atoms. The van der Waals surface area contributed by atoms with E-state index in [2.05, 4.69) is 10.3 Å². The number of alkyl halides is 3. The lowest BCUT2D eigenvalue weighted by molar-refractivity contribution is -0.137. The number of amides is 2. The third kappa shape index (κ3) is 4.11. The van der Waals surface area contributed by atoms with E-state index in [4.69, 9.17) is 5.73 Å². The van der Waals surface area contributed by atoms with Gasteiger partial charge in [0.2, 0.25) is 5.91 Å². The van der Waals surface area contributed by atoms with Crippen LogP contribution in [0.1, 0.15) is 21.5 Å². The van der Waals surface area contributed by atoms with Gasteiger partial charge >= 0.3 is 6.18 Å². The molecule has 3 aromatic rings. The first-order valence-electron chi connectivity index (χ1n) is 8.08. The minimum absolute atomic E-state index is 0.00757. The molecule has 0 bridgehead atoms. The zero-order valence-corrected chi connectivity index (χ0v) is 14.0. The van der Waals surface area contributed by atoms with Crippen molar-refractivity contribution in [3.8, 4) is 0 Å². The van der Waals surface area contributed by atoms with Crippen molar-refractivity contribution < 1.29 is 22.8 Å². The highest BCUT2D eigenvalue weighted by atomic mass is 19.4. The Morgan fingerprint density at radius 2 is 1.74 bits per heavy atom. The van der Waals surface area contributed by atoms with Crippen molar-refractivity contribution in [2.45, 2.75) is 18.6 Å². The molecule has 0 saturated heterocycles. The van der Waals surface area contributed by atoms with E-state index in [0.717, 1.165) is 40.7 Å². The first-order chi connectivity index (χ1) is 12.8. The van der Waals surface area contributed by atoms with E-state index in [1.165, 1.54) is 0 Å². The van der Waals surface area contributed by atoms with Gasteiger partial charge in [-0.2, -0.15) is 13.2 Å². The van der Waals surface area contributed by atoms with Crippen LogP contribution in [0.25, 0.3) is 10.9 Å². The molecule has 5 nitrogen and oxygen atoms in total. The molecular weight excluding hydrogens is 359 g/mol. The quantitative estimate of drug-likeness (QED) is 0.640. The van der Waals surface area contributed by atoms with E-state index in [1.807, 2.05) is 24.3 Å². The highest BCUT2D eigenvalue weighted by Gasteiger charge is 2.30. The molecule has 27 heavy (non-hydrogen) atoms. The summed E-state index contributed by atoms with van der Waals surface area (Å²) in [6, 6.07) is 10.2. The summed E-state index contributed by atoms with van der Waals surface area (Å²) in [5, 5.41) is 3.38. The fourth-order valence-corrected chi connectivity index (χ4v) is 2.80. The number of carbonyl (C=O) groups is 2. The van der Waals surface area contributed by atoms with Crippen molar-refractivity contribution >= 4 is 22.7 Å². The smallest absolute Gasteiger partial charge is 0.368 e. The molecule has 4 N–H and O–H groups in total. The molecule has 0 fully saturated rings. The second-order valence-electron chi connectivity index (χ2n) is 6.07. The Morgan fingerprint density at radius 1 is 1.07 bits per heavy atom. The molecule has 1 atom stereocenters. The number of rotatable bonds is 5. The van der Waals surface area contributed by atoms with Crippen molar-refractivity contribution in [1.82, 2.24) is 10.3 Å². The van der Waals surface area contributed by atoms with Crippen molar-refractivity contribution in [2.75, 3.05) is 0 Å². The maximum Gasteiger partial charge on any atom is 0.416 e. The molecule has 0 radical (unpaired) electrons. The lowest BCUT2D eigenvalue weighted by atomic mass is 10.0. The number of benzene rings is 2. The highest BCUT2D eigenvalue weighted by Crippen LogP contribution is 2.29. The number of aromatic nitrogens is 1. The van der Waals surface area contributed by atoms with Gasteiger partial charge in [0.25, 0.3) is 5.91 Å². The Balaban J connectivity index is 1.76. The highest BCUT2D eigenvalue weighted by molar-refractivity contribution is 5.97. The van der Waals surface area contributed by atoms with Gasteiger partial charge in [-0.15, -0.1) is 0 Å². The van der Waals surface area contributed by atoms with Gasteiger partial charge in [-0.25, -0.2) is 0 Å². The zero-order chi connectivity index (χ0) is 19.6. The fraction of sp³-hybridized carbons (Fsp3) is 0.158. The number of carbonyl (C=O) groups excluding carboxylic acids is 2. The maximum atomic E-state index is 12.6. The van der Waals surface area contributed by atoms with E-state index in [1.54, 1.807) is 6.20 Å². The van der Waals surface area contributed by atoms with Crippen molar-refractivity contribution in [3.63, 3.8) is 0 Å². The summed E-state index contributed by atoms with van der Waals surface area (Å²) in [6.07, 6.45) is -2.60. The fourth-order valence-electron chi connectivity index (χ4n) is 2.80. The number of hydrogen-bond donors (Lipinski definition) is 3. The molecule has 2 amide bonds. The van der Waals surface area contributed by atoms with Gasteiger partial charge in [-0.3, -0.25) is 9.59 Å². The Morgan fingerprint density at radius 3 is 2.37 bits per heavy atom. The van der Waals surface area contributed by atoms with Crippen LogP contribution in [-0.2, 0) is 17.4 Å². The van der Waals surface area contributed by atoms with Gasteiger partial charge in [-0.1, -0.05) is 18.2 Å². The molecule has 3 rings (SSSR count). The molecule has 0 aliphatic carbocycles. The van der Waals surface area contributed by atoms with E-state index in [0.29, 0.717) is 0 Å². The number of nitrogens with two attached hydrogens (primary N) is 1. The van der Waals surface area contributed by atoms with Crippen LogP contribution in [0.5, 0.6) is 0 Å². The van der Waals surface area contributed by atoms with Gasteiger partial charge in [0.05, 0.1) is 5.56 Å². The Kier molecular flexibility index (Phi) is 4.89. The molecule has 0 aliphatic rings. The lowest BCUT2D eigenvalue weighted by Gasteiger charge is -2.15. The van der Waals surface area contributed by atoms with Crippen molar-refractivity contribution in [2.24, 2.45) is 5.73 Å². The average molecular weight is 375 g/mol. The molecule has 2 aromatic carbocycles. The minimum Gasteiger partial charge on any atom is -0.368 e. The normalized spacial score (nSPS) is 12.7. The number of fused-ring (bicyclic) bond motifs is 1. The number of H-pyrrole nitrogens is 1. The topological polar surface area (TPSA) is 88.0 Å². The van der Waals surface area contributed by atoms with E-state index in [9.17, 15) is 22.8 Å². The summed E-state index contributed by atoms with van der Waals surface area (Å²) in [5.74, 6) is -1.41. The van der Waals surface area contributed by atoms with Crippen LogP contribution in [0.4, 0.5) is 13.2 Å². The summed E-state index contributed by atoms with van der Waals surface area (Å²) in [7, 11) is 0. The Labute approximate surface area is 152 Å². The third-order valence-corrected chi connectivity index (χ3v) is 4.22.